The summed E-state index contributed by atoms with van der Waals surface area (Å²) in [7, 11) is 0. The van der Waals surface area contributed by atoms with E-state index in [9.17, 15) is 0 Å². The first-order valence-corrected chi connectivity index (χ1v) is 9.02. The number of benzene rings is 2. The van der Waals surface area contributed by atoms with Crippen LogP contribution in [-0.2, 0) is 0 Å². The molecule has 104 valence electrons. The Kier molecular flexibility index (Phi) is 6.04. The summed E-state index contributed by atoms with van der Waals surface area (Å²) in [5.74, 6) is 0. The topological polar surface area (TPSA) is 24.1 Å². The molecule has 2 N–H and O–H groups in total. The molecule has 0 unspecified atom stereocenters. The molecule has 7 heteroatoms. The number of anilines is 2. The van der Waals surface area contributed by atoms with E-state index < -0.39 is 0 Å². The summed E-state index contributed by atoms with van der Waals surface area (Å²) in [6.45, 7) is 0. The Balaban J connectivity index is 2.04. The second kappa shape index (κ2) is 7.35. The van der Waals surface area contributed by atoms with Crippen molar-refractivity contribution in [1.82, 2.24) is 0 Å². The lowest BCUT2D eigenvalue weighted by Gasteiger charge is -2.12. The summed E-state index contributed by atoms with van der Waals surface area (Å²) in [5.41, 5.74) is 1.82. The zero-order valence-electron chi connectivity index (χ0n) is 9.88. The number of thiocarbonyl (C=S) groups is 1. The van der Waals surface area contributed by atoms with Crippen LogP contribution in [0.1, 0.15) is 0 Å². The first-order valence-electron chi connectivity index (χ1n) is 5.44. The van der Waals surface area contributed by atoms with Gasteiger partial charge in [0.1, 0.15) is 0 Å². The molecule has 0 bridgehead atoms. The Morgan fingerprint density at radius 3 is 1.45 bits per heavy atom. The van der Waals surface area contributed by atoms with Gasteiger partial charge in [-0.2, -0.15) is 0 Å². The normalized spacial score (nSPS) is 10.2. The van der Waals surface area contributed by atoms with Crippen LogP contribution in [0.15, 0.2) is 54.3 Å². The van der Waals surface area contributed by atoms with Crippen LogP contribution in [-0.4, -0.2) is 5.11 Å². The summed E-state index contributed by atoms with van der Waals surface area (Å²) >= 11 is 19.1. The average molecular weight is 544 g/mol. The molecule has 2 aromatic rings. The number of rotatable bonds is 2. The smallest absolute Gasteiger partial charge is 0.175 e. The van der Waals surface area contributed by atoms with Gasteiger partial charge in [0.05, 0.1) is 0 Å². The highest BCUT2D eigenvalue weighted by molar-refractivity contribution is 9.13. The average Bonchev–Trinajstić information content (AvgIpc) is 2.38. The van der Waals surface area contributed by atoms with Crippen molar-refractivity contribution in [3.05, 3.63) is 54.3 Å². The minimum atomic E-state index is 0.536. The maximum Gasteiger partial charge on any atom is 0.175 e. The number of hydrogen-bond acceptors (Lipinski definition) is 1. The largest absolute Gasteiger partial charge is 0.332 e. The van der Waals surface area contributed by atoms with Gasteiger partial charge in [0.25, 0.3) is 0 Å². The fourth-order valence-electron chi connectivity index (χ4n) is 1.44. The molecule has 0 fully saturated rings. The van der Waals surface area contributed by atoms with Crippen LogP contribution in [0.25, 0.3) is 0 Å². The van der Waals surface area contributed by atoms with Gasteiger partial charge in [0.2, 0.25) is 0 Å². The molecular formula is C13H8Br4N2S. The van der Waals surface area contributed by atoms with E-state index in [0.717, 1.165) is 29.3 Å². The van der Waals surface area contributed by atoms with Gasteiger partial charge in [0, 0.05) is 29.3 Å². The second-order valence-electron chi connectivity index (χ2n) is 3.84. The summed E-state index contributed by atoms with van der Waals surface area (Å²) in [6, 6.07) is 11.7. The molecule has 2 rings (SSSR count). The van der Waals surface area contributed by atoms with Gasteiger partial charge < -0.3 is 10.6 Å². The van der Waals surface area contributed by atoms with Crippen molar-refractivity contribution in [1.29, 1.82) is 0 Å². The molecule has 0 aliphatic carbocycles. The lowest BCUT2D eigenvalue weighted by atomic mass is 10.3. The van der Waals surface area contributed by atoms with Gasteiger partial charge in [-0.05, 0) is 112 Å². The fourth-order valence-corrected chi connectivity index (χ4v) is 2.93. The van der Waals surface area contributed by atoms with Crippen molar-refractivity contribution in [3.8, 4) is 0 Å². The molecule has 0 atom stereocenters. The van der Waals surface area contributed by atoms with E-state index in [1.165, 1.54) is 0 Å². The van der Waals surface area contributed by atoms with E-state index >= 15 is 0 Å². The van der Waals surface area contributed by atoms with Crippen molar-refractivity contribution in [2.75, 3.05) is 10.6 Å². The lowest BCUT2D eigenvalue weighted by Crippen LogP contribution is -2.19. The molecule has 0 aliphatic heterocycles. The molecule has 20 heavy (non-hydrogen) atoms. The van der Waals surface area contributed by atoms with Crippen LogP contribution >= 0.6 is 75.9 Å². The zero-order valence-corrected chi connectivity index (χ0v) is 17.0. The molecule has 0 heterocycles. The Morgan fingerprint density at radius 2 is 1.10 bits per heavy atom. The predicted molar refractivity (Wildman–Crippen MR) is 104 cm³/mol. The van der Waals surface area contributed by atoms with Gasteiger partial charge in [-0.15, -0.1) is 0 Å². The van der Waals surface area contributed by atoms with E-state index in [2.05, 4.69) is 74.4 Å². The Hall–Kier alpha value is 0.0500. The second-order valence-corrected chi connectivity index (χ2v) is 7.66. The lowest BCUT2D eigenvalue weighted by molar-refractivity contribution is 1.53. The Labute approximate surface area is 156 Å². The van der Waals surface area contributed by atoms with Crippen LogP contribution in [0.5, 0.6) is 0 Å². The maximum atomic E-state index is 5.29. The van der Waals surface area contributed by atoms with Crippen molar-refractivity contribution < 1.29 is 0 Å². The quantitative estimate of drug-likeness (QED) is 0.420. The molecule has 0 amide bonds. The van der Waals surface area contributed by atoms with Crippen LogP contribution in [0.3, 0.4) is 0 Å². The summed E-state index contributed by atoms with van der Waals surface area (Å²) in [6.07, 6.45) is 0. The minimum absolute atomic E-state index is 0.536. The van der Waals surface area contributed by atoms with Crippen LogP contribution < -0.4 is 10.6 Å². The third-order valence-corrected chi connectivity index (χ3v) is 6.32. The third-order valence-electron chi connectivity index (χ3n) is 2.35. The molecule has 0 aliphatic rings. The zero-order chi connectivity index (χ0) is 14.7. The van der Waals surface area contributed by atoms with E-state index in [1.54, 1.807) is 0 Å². The molecule has 2 nitrogen and oxygen atoms in total. The molecular weight excluding hydrogens is 536 g/mol. The monoisotopic (exact) mass is 540 g/mol. The molecule has 0 radical (unpaired) electrons. The number of halogens is 4. The Bertz CT molecular complexity index is 605. The minimum Gasteiger partial charge on any atom is -0.332 e. The van der Waals surface area contributed by atoms with E-state index in [0.29, 0.717) is 5.11 Å². The van der Waals surface area contributed by atoms with Gasteiger partial charge in [-0.1, -0.05) is 0 Å². The fraction of sp³-hybridized carbons (Fsp3) is 0. The van der Waals surface area contributed by atoms with Gasteiger partial charge in [0.15, 0.2) is 5.11 Å². The first kappa shape index (κ1) is 16.4. The summed E-state index contributed by atoms with van der Waals surface area (Å²) in [4.78, 5) is 0. The molecule has 2 aromatic carbocycles. The third kappa shape index (κ3) is 4.53. The molecule has 0 spiro atoms. The van der Waals surface area contributed by atoms with Gasteiger partial charge >= 0.3 is 0 Å². The highest BCUT2D eigenvalue weighted by Gasteiger charge is 2.03. The van der Waals surface area contributed by atoms with E-state index in [-0.39, 0.29) is 0 Å². The van der Waals surface area contributed by atoms with Crippen molar-refractivity contribution in [3.63, 3.8) is 0 Å². The molecule has 0 aromatic heterocycles. The predicted octanol–water partition coefficient (Wildman–Crippen LogP) is 6.55. The number of nitrogens with one attached hydrogen (secondary N) is 2. The summed E-state index contributed by atoms with van der Waals surface area (Å²) < 4.78 is 3.94. The Morgan fingerprint density at radius 1 is 0.700 bits per heavy atom. The van der Waals surface area contributed by atoms with E-state index in [1.807, 2.05) is 36.4 Å². The standard InChI is InChI=1S/C13H8Br4N2S/c14-9-3-1-7(5-11(9)16)18-13(20)19-8-2-4-10(15)12(17)6-8/h1-6H,(H2,18,19,20). The van der Waals surface area contributed by atoms with Gasteiger partial charge in [-0.3, -0.25) is 0 Å². The van der Waals surface area contributed by atoms with Crippen molar-refractivity contribution >= 4 is 92.4 Å². The van der Waals surface area contributed by atoms with Crippen molar-refractivity contribution in [2.45, 2.75) is 0 Å². The SMILES string of the molecule is S=C(Nc1ccc(Br)c(Br)c1)Nc1ccc(Br)c(Br)c1. The molecule has 0 saturated heterocycles. The molecule has 0 saturated carbocycles. The first-order chi connectivity index (χ1) is 9.45. The van der Waals surface area contributed by atoms with Crippen LogP contribution in [0.2, 0.25) is 0 Å². The van der Waals surface area contributed by atoms with Crippen LogP contribution in [0.4, 0.5) is 11.4 Å². The summed E-state index contributed by atoms with van der Waals surface area (Å²) in [5, 5.41) is 6.81. The highest BCUT2D eigenvalue weighted by Crippen LogP contribution is 2.27. The van der Waals surface area contributed by atoms with E-state index in [4.69, 9.17) is 12.2 Å². The highest BCUT2D eigenvalue weighted by atomic mass is 79.9. The number of hydrogen-bond donors (Lipinski definition) is 2. The van der Waals surface area contributed by atoms with Crippen LogP contribution in [0, 0.1) is 0 Å². The van der Waals surface area contributed by atoms with Crippen molar-refractivity contribution in [2.24, 2.45) is 0 Å². The maximum absolute atomic E-state index is 5.29. The van der Waals surface area contributed by atoms with Gasteiger partial charge in [-0.25, -0.2) is 0 Å².